The van der Waals surface area contributed by atoms with Gasteiger partial charge < -0.3 is 4.42 Å². The van der Waals surface area contributed by atoms with Gasteiger partial charge in [-0.25, -0.2) is 4.98 Å². The standard InChI is InChI=1S/C5H5I2NOS/c1-5(6,7)4-8-2-3(10)9-4/h2,10H,1H3. The molecule has 1 rings (SSSR count). The summed E-state index contributed by atoms with van der Waals surface area (Å²) in [6.45, 7) is 2.02. The number of halogens is 2. The Morgan fingerprint density at radius 2 is 2.30 bits per heavy atom. The fourth-order valence-electron chi connectivity index (χ4n) is 0.469. The number of rotatable bonds is 1. The molecule has 0 saturated heterocycles. The van der Waals surface area contributed by atoms with Gasteiger partial charge in [-0.05, 0) is 6.92 Å². The SMILES string of the molecule is CC(I)(I)c1ncc(S)o1. The first-order valence-electron chi connectivity index (χ1n) is 2.53. The average Bonchev–Trinajstić information content (AvgIpc) is 2.11. The Balaban J connectivity index is 2.96. The second kappa shape index (κ2) is 3.18. The first-order chi connectivity index (χ1) is 4.50. The summed E-state index contributed by atoms with van der Waals surface area (Å²) in [4.78, 5) is 4.03. The molecule has 0 aliphatic rings. The van der Waals surface area contributed by atoms with Crippen LogP contribution in [0.3, 0.4) is 0 Å². The molecular formula is C5H5I2NOS. The lowest BCUT2D eigenvalue weighted by atomic mass is 10.5. The van der Waals surface area contributed by atoms with E-state index in [1.165, 1.54) is 0 Å². The van der Waals surface area contributed by atoms with E-state index in [0.717, 1.165) is 0 Å². The van der Waals surface area contributed by atoms with E-state index in [1.54, 1.807) is 6.20 Å². The van der Waals surface area contributed by atoms with Crippen molar-refractivity contribution in [2.24, 2.45) is 0 Å². The zero-order chi connectivity index (χ0) is 7.78. The summed E-state index contributed by atoms with van der Waals surface area (Å²) in [7, 11) is 0. The predicted octanol–water partition coefficient (Wildman–Crippen LogP) is 3.01. The van der Waals surface area contributed by atoms with E-state index in [1.807, 2.05) is 6.92 Å². The molecule has 0 aliphatic carbocycles. The topological polar surface area (TPSA) is 26.0 Å². The maximum absolute atomic E-state index is 5.19. The summed E-state index contributed by atoms with van der Waals surface area (Å²) >= 11 is 8.51. The molecule has 0 aliphatic heterocycles. The van der Waals surface area contributed by atoms with Crippen molar-refractivity contribution in [3.8, 4) is 0 Å². The molecule has 1 aromatic heterocycles. The van der Waals surface area contributed by atoms with Gasteiger partial charge in [-0.15, -0.1) is 12.6 Å². The van der Waals surface area contributed by atoms with Gasteiger partial charge in [0.2, 0.25) is 5.89 Å². The zero-order valence-electron chi connectivity index (χ0n) is 5.14. The van der Waals surface area contributed by atoms with E-state index in [-0.39, 0.29) is 1.43 Å². The van der Waals surface area contributed by atoms with Crippen LogP contribution >= 0.6 is 57.8 Å². The molecule has 0 atom stereocenters. The predicted molar refractivity (Wildman–Crippen MR) is 59.1 cm³/mol. The van der Waals surface area contributed by atoms with Gasteiger partial charge in [0.1, 0.15) is 1.43 Å². The van der Waals surface area contributed by atoms with Crippen molar-refractivity contribution in [3.05, 3.63) is 12.1 Å². The summed E-state index contributed by atoms with van der Waals surface area (Å²) in [6.07, 6.45) is 1.61. The van der Waals surface area contributed by atoms with E-state index in [4.69, 9.17) is 4.42 Å². The maximum Gasteiger partial charge on any atom is 0.221 e. The van der Waals surface area contributed by atoms with Crippen LogP contribution in [0.2, 0.25) is 0 Å². The smallest absolute Gasteiger partial charge is 0.221 e. The third-order valence-corrected chi connectivity index (χ3v) is 2.00. The molecule has 0 unspecified atom stereocenters. The number of aromatic nitrogens is 1. The quantitative estimate of drug-likeness (QED) is 0.460. The van der Waals surface area contributed by atoms with Crippen molar-refractivity contribution in [2.75, 3.05) is 0 Å². The molecule has 0 N–H and O–H groups in total. The third kappa shape index (κ3) is 2.26. The number of oxazole rings is 1. The molecule has 10 heavy (non-hydrogen) atoms. The van der Waals surface area contributed by atoms with Crippen molar-refractivity contribution in [2.45, 2.75) is 13.4 Å². The van der Waals surface area contributed by atoms with Crippen LogP contribution in [0.1, 0.15) is 12.8 Å². The van der Waals surface area contributed by atoms with Gasteiger partial charge in [0.25, 0.3) is 0 Å². The molecule has 5 heteroatoms. The first kappa shape index (κ1) is 9.11. The fourth-order valence-corrected chi connectivity index (χ4v) is 1.11. The summed E-state index contributed by atoms with van der Waals surface area (Å²) in [5.74, 6) is 0.707. The largest absolute Gasteiger partial charge is 0.432 e. The summed E-state index contributed by atoms with van der Waals surface area (Å²) < 4.78 is 5.11. The zero-order valence-corrected chi connectivity index (χ0v) is 10.3. The molecule has 0 aromatic carbocycles. The minimum atomic E-state index is -0.0729. The number of hydrogen-bond acceptors (Lipinski definition) is 3. The van der Waals surface area contributed by atoms with Gasteiger partial charge >= 0.3 is 0 Å². The number of nitrogens with zero attached hydrogens (tertiary/aromatic N) is 1. The van der Waals surface area contributed by atoms with E-state index >= 15 is 0 Å². The number of thiol groups is 1. The van der Waals surface area contributed by atoms with E-state index in [9.17, 15) is 0 Å². The second-order valence-corrected chi connectivity index (χ2v) is 8.71. The highest BCUT2D eigenvalue weighted by Gasteiger charge is 2.23. The molecule has 0 saturated carbocycles. The highest BCUT2D eigenvalue weighted by molar-refractivity contribution is 14.2. The Hall–Kier alpha value is 1.02. The molecule has 0 spiro atoms. The Morgan fingerprint density at radius 3 is 2.50 bits per heavy atom. The van der Waals surface area contributed by atoms with Crippen molar-refractivity contribution < 1.29 is 4.42 Å². The summed E-state index contributed by atoms with van der Waals surface area (Å²) in [6, 6.07) is 0. The van der Waals surface area contributed by atoms with Crippen LogP contribution in [0.5, 0.6) is 0 Å². The lowest BCUT2D eigenvalue weighted by molar-refractivity contribution is 0.426. The molecule has 1 heterocycles. The first-order valence-corrected chi connectivity index (χ1v) is 5.14. The normalized spacial score (nSPS) is 12.0. The summed E-state index contributed by atoms with van der Waals surface area (Å²) in [5.41, 5.74) is 0. The monoisotopic (exact) mass is 381 g/mol. The average molecular weight is 381 g/mol. The van der Waals surface area contributed by atoms with Crippen LogP contribution in [-0.2, 0) is 1.43 Å². The van der Waals surface area contributed by atoms with Crippen LogP contribution in [0, 0.1) is 0 Å². The lowest BCUT2D eigenvalue weighted by Crippen LogP contribution is -2.00. The van der Waals surface area contributed by atoms with Gasteiger partial charge in [-0.1, -0.05) is 45.2 Å². The van der Waals surface area contributed by atoms with Crippen molar-refractivity contribution in [3.63, 3.8) is 0 Å². The number of alkyl halides is 2. The van der Waals surface area contributed by atoms with Crippen LogP contribution in [0.25, 0.3) is 0 Å². The van der Waals surface area contributed by atoms with Gasteiger partial charge in [0.15, 0.2) is 5.09 Å². The van der Waals surface area contributed by atoms with E-state index < -0.39 is 0 Å². The van der Waals surface area contributed by atoms with Gasteiger partial charge in [0, 0.05) is 0 Å². The Bertz CT molecular complexity index is 230. The van der Waals surface area contributed by atoms with Gasteiger partial charge in [-0.2, -0.15) is 0 Å². The van der Waals surface area contributed by atoms with E-state index in [2.05, 4.69) is 62.8 Å². The van der Waals surface area contributed by atoms with Crippen molar-refractivity contribution >= 4 is 57.8 Å². The third-order valence-electron chi connectivity index (χ3n) is 0.869. The van der Waals surface area contributed by atoms with Crippen LogP contribution in [0.4, 0.5) is 0 Å². The van der Waals surface area contributed by atoms with Crippen molar-refractivity contribution in [1.29, 1.82) is 0 Å². The molecule has 56 valence electrons. The molecule has 0 bridgehead atoms. The molecule has 0 radical (unpaired) electrons. The molecule has 2 nitrogen and oxygen atoms in total. The Kier molecular flexibility index (Phi) is 2.89. The lowest BCUT2D eigenvalue weighted by Gasteiger charge is -2.06. The molecule has 0 fully saturated rings. The van der Waals surface area contributed by atoms with Crippen LogP contribution in [0.15, 0.2) is 15.7 Å². The highest BCUT2D eigenvalue weighted by Crippen LogP contribution is 2.38. The van der Waals surface area contributed by atoms with Crippen LogP contribution < -0.4 is 0 Å². The van der Waals surface area contributed by atoms with Crippen LogP contribution in [-0.4, -0.2) is 4.98 Å². The minimum absolute atomic E-state index is 0.0729. The van der Waals surface area contributed by atoms with Gasteiger partial charge in [-0.3, -0.25) is 0 Å². The number of hydrogen-bond donors (Lipinski definition) is 1. The second-order valence-electron chi connectivity index (χ2n) is 1.89. The van der Waals surface area contributed by atoms with E-state index in [0.29, 0.717) is 11.0 Å². The van der Waals surface area contributed by atoms with Gasteiger partial charge in [0.05, 0.1) is 6.20 Å². The Labute approximate surface area is 91.9 Å². The highest BCUT2D eigenvalue weighted by atomic mass is 127. The maximum atomic E-state index is 5.19. The molecule has 1 aromatic rings. The Morgan fingerprint density at radius 1 is 1.70 bits per heavy atom. The fraction of sp³-hybridized carbons (Fsp3) is 0.400. The van der Waals surface area contributed by atoms with Crippen molar-refractivity contribution in [1.82, 2.24) is 4.98 Å². The molecule has 0 amide bonds. The molecular weight excluding hydrogens is 376 g/mol. The minimum Gasteiger partial charge on any atom is -0.432 e. The summed E-state index contributed by atoms with van der Waals surface area (Å²) in [5, 5.41) is 0.564.